The highest BCUT2D eigenvalue weighted by molar-refractivity contribution is 7.90. The zero-order valence-corrected chi connectivity index (χ0v) is 11.6. The molecule has 0 radical (unpaired) electrons. The number of nitrogens with one attached hydrogen (secondary N) is 2. The number of aliphatic hydroxyl groups is 1. The maximum Gasteiger partial charge on any atom is 0.402 e. The number of halogens is 3. The SMILES string of the molecule is O=S(=O)(NCC(F)(F)F)Nc1cccc(C#CCCO)c1. The molecular weight excluding hydrogens is 309 g/mol. The number of hydrogen-bond acceptors (Lipinski definition) is 3. The second-order valence-electron chi connectivity index (χ2n) is 3.90. The Kier molecular flexibility index (Phi) is 6.02. The molecule has 21 heavy (non-hydrogen) atoms. The molecule has 0 amide bonds. The van der Waals surface area contributed by atoms with Crippen molar-refractivity contribution in [2.24, 2.45) is 0 Å². The van der Waals surface area contributed by atoms with Crippen LogP contribution in [0, 0.1) is 11.8 Å². The fourth-order valence-electron chi connectivity index (χ4n) is 1.25. The van der Waals surface area contributed by atoms with E-state index >= 15 is 0 Å². The largest absolute Gasteiger partial charge is 0.402 e. The summed E-state index contributed by atoms with van der Waals surface area (Å²) in [6.45, 7) is -1.75. The lowest BCUT2D eigenvalue weighted by molar-refractivity contribution is -0.121. The molecule has 1 aromatic carbocycles. The van der Waals surface area contributed by atoms with Crippen LogP contribution in [0.2, 0.25) is 0 Å². The number of rotatable bonds is 5. The van der Waals surface area contributed by atoms with Gasteiger partial charge in [-0.2, -0.15) is 26.3 Å². The van der Waals surface area contributed by atoms with E-state index in [4.69, 9.17) is 5.11 Å². The van der Waals surface area contributed by atoms with Gasteiger partial charge in [-0.3, -0.25) is 4.72 Å². The van der Waals surface area contributed by atoms with Crippen molar-refractivity contribution in [2.45, 2.75) is 12.6 Å². The molecule has 0 bridgehead atoms. The van der Waals surface area contributed by atoms with Crippen molar-refractivity contribution < 1.29 is 26.7 Å². The van der Waals surface area contributed by atoms with Crippen LogP contribution in [0.25, 0.3) is 0 Å². The Morgan fingerprint density at radius 3 is 2.62 bits per heavy atom. The van der Waals surface area contributed by atoms with Gasteiger partial charge in [0.05, 0.1) is 12.3 Å². The third kappa shape index (κ3) is 7.55. The Balaban J connectivity index is 2.75. The first-order chi connectivity index (χ1) is 9.72. The van der Waals surface area contributed by atoms with E-state index in [2.05, 4.69) is 11.8 Å². The predicted molar refractivity (Wildman–Crippen MR) is 71.6 cm³/mol. The molecule has 0 atom stereocenters. The zero-order chi connectivity index (χ0) is 15.9. The molecule has 1 rings (SSSR count). The molecule has 1 aromatic rings. The average Bonchev–Trinajstić information content (AvgIpc) is 2.36. The van der Waals surface area contributed by atoms with E-state index < -0.39 is 22.9 Å². The molecule has 0 heterocycles. The smallest absolute Gasteiger partial charge is 0.395 e. The van der Waals surface area contributed by atoms with Gasteiger partial charge in [-0.25, -0.2) is 0 Å². The van der Waals surface area contributed by atoms with Crippen LogP contribution in [0.15, 0.2) is 24.3 Å². The first kappa shape index (κ1) is 17.3. The lowest BCUT2D eigenvalue weighted by Gasteiger charge is -2.11. The van der Waals surface area contributed by atoms with Gasteiger partial charge in [0.2, 0.25) is 0 Å². The molecule has 0 fully saturated rings. The van der Waals surface area contributed by atoms with Crippen molar-refractivity contribution in [2.75, 3.05) is 17.9 Å². The summed E-state index contributed by atoms with van der Waals surface area (Å²) in [5, 5.41) is 8.58. The van der Waals surface area contributed by atoms with Gasteiger partial charge in [-0.1, -0.05) is 17.9 Å². The van der Waals surface area contributed by atoms with Gasteiger partial charge < -0.3 is 5.11 Å². The van der Waals surface area contributed by atoms with Gasteiger partial charge in [0, 0.05) is 12.0 Å². The molecule has 0 aliphatic heterocycles. The van der Waals surface area contributed by atoms with Crippen LogP contribution in [-0.2, 0) is 10.2 Å². The summed E-state index contributed by atoms with van der Waals surface area (Å²) < 4.78 is 62.1. The fraction of sp³-hybridized carbons (Fsp3) is 0.333. The van der Waals surface area contributed by atoms with Crippen molar-refractivity contribution in [1.29, 1.82) is 0 Å². The van der Waals surface area contributed by atoms with Gasteiger partial charge in [0.1, 0.15) is 6.54 Å². The highest BCUT2D eigenvalue weighted by atomic mass is 32.2. The molecular formula is C12H13F3N2O3S. The molecule has 0 unspecified atom stereocenters. The van der Waals surface area contributed by atoms with Crippen LogP contribution < -0.4 is 9.44 Å². The summed E-state index contributed by atoms with van der Waals surface area (Å²) in [5.74, 6) is 5.33. The molecule has 0 aliphatic rings. The number of anilines is 1. The molecule has 0 aromatic heterocycles. The molecule has 0 saturated carbocycles. The number of benzene rings is 1. The van der Waals surface area contributed by atoms with Crippen molar-refractivity contribution in [3.8, 4) is 11.8 Å². The monoisotopic (exact) mass is 322 g/mol. The van der Waals surface area contributed by atoms with Crippen LogP contribution in [-0.4, -0.2) is 32.9 Å². The van der Waals surface area contributed by atoms with Crippen LogP contribution in [0.5, 0.6) is 0 Å². The molecule has 116 valence electrons. The Morgan fingerprint density at radius 1 is 1.29 bits per heavy atom. The minimum Gasteiger partial charge on any atom is -0.395 e. The first-order valence-corrected chi connectivity index (χ1v) is 7.24. The minimum absolute atomic E-state index is 0.0838. The molecule has 0 saturated heterocycles. The standard InChI is InChI=1S/C12H13F3N2O3S/c13-12(14,15)9-16-21(19,20)17-11-6-3-5-10(8-11)4-1-2-7-18/h3,5-6,8,16-18H,2,7,9H2. The number of hydrogen-bond donors (Lipinski definition) is 3. The average molecular weight is 322 g/mol. The second kappa shape index (κ2) is 7.31. The molecule has 9 heteroatoms. The second-order valence-corrected chi connectivity index (χ2v) is 5.40. The van der Waals surface area contributed by atoms with Gasteiger partial charge in [0.15, 0.2) is 0 Å². The van der Waals surface area contributed by atoms with Gasteiger partial charge in [-0.15, -0.1) is 0 Å². The third-order valence-electron chi connectivity index (χ3n) is 2.05. The van der Waals surface area contributed by atoms with E-state index in [-0.39, 0.29) is 18.7 Å². The molecule has 3 N–H and O–H groups in total. The van der Waals surface area contributed by atoms with Gasteiger partial charge in [0.25, 0.3) is 10.2 Å². The van der Waals surface area contributed by atoms with Crippen LogP contribution in [0.1, 0.15) is 12.0 Å². The topological polar surface area (TPSA) is 78.4 Å². The molecule has 5 nitrogen and oxygen atoms in total. The maximum atomic E-state index is 12.0. The van der Waals surface area contributed by atoms with E-state index in [9.17, 15) is 21.6 Å². The molecule has 0 aliphatic carbocycles. The summed E-state index contributed by atoms with van der Waals surface area (Å²) in [6.07, 6.45) is -4.37. The van der Waals surface area contributed by atoms with Crippen molar-refractivity contribution >= 4 is 15.9 Å². The highest BCUT2D eigenvalue weighted by Crippen LogP contribution is 2.14. The van der Waals surface area contributed by atoms with Crippen LogP contribution in [0.3, 0.4) is 0 Å². The summed E-state index contributed by atoms with van der Waals surface area (Å²) in [6, 6.07) is 5.86. The van der Waals surface area contributed by atoms with E-state index in [0.717, 1.165) is 0 Å². The quantitative estimate of drug-likeness (QED) is 0.714. The van der Waals surface area contributed by atoms with Gasteiger partial charge >= 0.3 is 6.18 Å². The summed E-state index contributed by atoms with van der Waals surface area (Å²) in [7, 11) is -4.32. The zero-order valence-electron chi connectivity index (χ0n) is 10.7. The van der Waals surface area contributed by atoms with E-state index in [0.29, 0.717) is 5.56 Å². The number of alkyl halides is 3. The van der Waals surface area contributed by atoms with Crippen molar-refractivity contribution in [1.82, 2.24) is 4.72 Å². The fourth-order valence-corrected chi connectivity index (χ4v) is 2.11. The predicted octanol–water partition coefficient (Wildman–Crippen LogP) is 1.23. The summed E-state index contributed by atoms with van der Waals surface area (Å²) in [4.78, 5) is 0. The number of aliphatic hydroxyl groups excluding tert-OH is 1. The highest BCUT2D eigenvalue weighted by Gasteiger charge is 2.29. The Morgan fingerprint density at radius 2 is 2.00 bits per heavy atom. The van der Waals surface area contributed by atoms with Crippen LogP contribution in [0.4, 0.5) is 18.9 Å². The van der Waals surface area contributed by atoms with Crippen molar-refractivity contribution in [3.05, 3.63) is 29.8 Å². The minimum atomic E-state index is -4.63. The lowest BCUT2D eigenvalue weighted by Crippen LogP contribution is -2.37. The Bertz CT molecular complexity index is 633. The third-order valence-corrected chi connectivity index (χ3v) is 3.08. The van der Waals surface area contributed by atoms with E-state index in [1.165, 1.54) is 22.9 Å². The van der Waals surface area contributed by atoms with E-state index in [1.54, 1.807) is 6.07 Å². The lowest BCUT2D eigenvalue weighted by atomic mass is 10.2. The summed E-state index contributed by atoms with van der Waals surface area (Å²) in [5.41, 5.74) is 0.556. The Labute approximate surface area is 120 Å². The normalized spacial score (nSPS) is 11.6. The van der Waals surface area contributed by atoms with Crippen molar-refractivity contribution in [3.63, 3.8) is 0 Å². The first-order valence-electron chi connectivity index (χ1n) is 5.76. The van der Waals surface area contributed by atoms with E-state index in [1.807, 2.05) is 4.72 Å². The van der Waals surface area contributed by atoms with Crippen LogP contribution >= 0.6 is 0 Å². The molecule has 0 spiro atoms. The maximum absolute atomic E-state index is 12.0. The van der Waals surface area contributed by atoms with Gasteiger partial charge in [-0.05, 0) is 18.2 Å². The Hall–Kier alpha value is -1.76. The summed E-state index contributed by atoms with van der Waals surface area (Å²) >= 11 is 0.